The number of anilines is 2. The zero-order valence-corrected chi connectivity index (χ0v) is 13.3. The number of aromatic nitrogens is 1. The minimum Gasteiger partial charge on any atom is -0.363 e. The van der Waals surface area contributed by atoms with E-state index in [1.807, 2.05) is 46.1 Å². The Balaban J connectivity index is 2.30. The van der Waals surface area contributed by atoms with E-state index >= 15 is 0 Å². The van der Waals surface area contributed by atoms with Crippen LogP contribution in [-0.2, 0) is 0 Å². The van der Waals surface area contributed by atoms with Crippen LogP contribution in [0.25, 0.3) is 0 Å². The van der Waals surface area contributed by atoms with E-state index in [2.05, 4.69) is 10.3 Å². The van der Waals surface area contributed by atoms with E-state index in [1.165, 1.54) is 0 Å². The fourth-order valence-corrected chi connectivity index (χ4v) is 2.11. The summed E-state index contributed by atoms with van der Waals surface area (Å²) in [6, 6.07) is 9.22. The van der Waals surface area contributed by atoms with Crippen molar-refractivity contribution in [2.75, 3.05) is 24.3 Å². The van der Waals surface area contributed by atoms with Gasteiger partial charge in [-0.15, -0.1) is 0 Å². The number of aryl methyl sites for hydroxylation is 2. The van der Waals surface area contributed by atoms with Gasteiger partial charge in [0.05, 0.1) is 0 Å². The highest BCUT2D eigenvalue weighted by atomic mass is 35.5. The minimum absolute atomic E-state index is 0.198. The lowest BCUT2D eigenvalue weighted by atomic mass is 10.1. The van der Waals surface area contributed by atoms with E-state index in [0.29, 0.717) is 16.5 Å². The first-order valence-corrected chi connectivity index (χ1v) is 6.98. The molecule has 2 rings (SSSR count). The molecule has 1 heterocycles. The smallest absolute Gasteiger partial charge is 0.255 e. The number of halogens is 1. The van der Waals surface area contributed by atoms with Gasteiger partial charge in [-0.1, -0.05) is 23.7 Å². The molecule has 0 aliphatic rings. The largest absolute Gasteiger partial charge is 0.363 e. The molecule has 0 unspecified atom stereocenters. The van der Waals surface area contributed by atoms with E-state index in [9.17, 15) is 4.79 Å². The number of carbonyl (C=O) groups excluding carboxylic acids is 1. The molecular formula is C16H18ClN3O. The number of benzene rings is 1. The average molecular weight is 304 g/mol. The summed E-state index contributed by atoms with van der Waals surface area (Å²) in [6.45, 7) is 3.95. The summed E-state index contributed by atoms with van der Waals surface area (Å²) in [5.41, 5.74) is 3.40. The summed E-state index contributed by atoms with van der Waals surface area (Å²) in [4.78, 5) is 18.4. The van der Waals surface area contributed by atoms with E-state index in [1.54, 1.807) is 17.0 Å². The summed E-state index contributed by atoms with van der Waals surface area (Å²) >= 11 is 5.98. The number of amides is 1. The zero-order chi connectivity index (χ0) is 15.6. The van der Waals surface area contributed by atoms with Crippen LogP contribution in [0.5, 0.6) is 0 Å². The van der Waals surface area contributed by atoms with Gasteiger partial charge < -0.3 is 10.2 Å². The van der Waals surface area contributed by atoms with Gasteiger partial charge in [0.2, 0.25) is 0 Å². The Labute approximate surface area is 129 Å². The maximum Gasteiger partial charge on any atom is 0.255 e. The molecule has 4 nitrogen and oxygen atoms in total. The van der Waals surface area contributed by atoms with Crippen LogP contribution >= 0.6 is 11.6 Å². The van der Waals surface area contributed by atoms with E-state index in [-0.39, 0.29) is 5.91 Å². The molecule has 1 aromatic heterocycles. The number of pyridine rings is 1. The third-order valence-corrected chi connectivity index (χ3v) is 3.34. The first-order valence-electron chi connectivity index (χ1n) is 6.60. The quantitative estimate of drug-likeness (QED) is 0.880. The Morgan fingerprint density at radius 1 is 1.19 bits per heavy atom. The number of carbonyl (C=O) groups is 1. The summed E-state index contributed by atoms with van der Waals surface area (Å²) in [5, 5.41) is 3.22. The Morgan fingerprint density at radius 3 is 2.57 bits per heavy atom. The second-order valence-corrected chi connectivity index (χ2v) is 5.59. The predicted octanol–water partition coefficient (Wildman–Crippen LogP) is 3.67. The zero-order valence-electron chi connectivity index (χ0n) is 12.6. The van der Waals surface area contributed by atoms with Crippen molar-refractivity contribution < 1.29 is 4.79 Å². The lowest BCUT2D eigenvalue weighted by molar-refractivity contribution is 0.102. The van der Waals surface area contributed by atoms with Crippen molar-refractivity contribution in [2.45, 2.75) is 13.8 Å². The van der Waals surface area contributed by atoms with Crippen LogP contribution in [0.3, 0.4) is 0 Å². The van der Waals surface area contributed by atoms with Crippen LogP contribution in [-0.4, -0.2) is 25.0 Å². The van der Waals surface area contributed by atoms with Crippen molar-refractivity contribution in [1.29, 1.82) is 0 Å². The number of nitrogens with one attached hydrogen (secondary N) is 1. The predicted molar refractivity (Wildman–Crippen MR) is 87.4 cm³/mol. The molecule has 0 saturated carbocycles. The molecule has 0 saturated heterocycles. The van der Waals surface area contributed by atoms with Gasteiger partial charge in [-0.05, 0) is 43.2 Å². The van der Waals surface area contributed by atoms with E-state index < -0.39 is 0 Å². The molecule has 110 valence electrons. The van der Waals surface area contributed by atoms with Crippen LogP contribution in [0.1, 0.15) is 21.5 Å². The molecule has 0 atom stereocenters. The third-order valence-electron chi connectivity index (χ3n) is 3.14. The SMILES string of the molecule is Cc1ccc(C)c(NC(=O)c2cc(Cl)nc(N(C)C)c2)c1. The van der Waals surface area contributed by atoms with Crippen LogP contribution in [0.15, 0.2) is 30.3 Å². The molecule has 0 radical (unpaired) electrons. The van der Waals surface area contributed by atoms with Gasteiger partial charge >= 0.3 is 0 Å². The Morgan fingerprint density at radius 2 is 1.90 bits per heavy atom. The maximum absolute atomic E-state index is 12.4. The van der Waals surface area contributed by atoms with E-state index in [0.717, 1.165) is 16.8 Å². The van der Waals surface area contributed by atoms with Gasteiger partial charge in [-0.3, -0.25) is 4.79 Å². The molecule has 1 N–H and O–H groups in total. The van der Waals surface area contributed by atoms with Gasteiger partial charge in [-0.2, -0.15) is 0 Å². The Kier molecular flexibility index (Phi) is 4.48. The second-order valence-electron chi connectivity index (χ2n) is 5.20. The topological polar surface area (TPSA) is 45.2 Å². The number of rotatable bonds is 3. The van der Waals surface area contributed by atoms with Gasteiger partial charge in [0.25, 0.3) is 5.91 Å². The molecule has 0 fully saturated rings. The van der Waals surface area contributed by atoms with Crippen LogP contribution in [0.2, 0.25) is 5.15 Å². The van der Waals surface area contributed by atoms with Gasteiger partial charge in [0, 0.05) is 25.3 Å². The van der Waals surface area contributed by atoms with Crippen LogP contribution in [0, 0.1) is 13.8 Å². The average Bonchev–Trinajstić information content (AvgIpc) is 2.42. The summed E-state index contributed by atoms with van der Waals surface area (Å²) < 4.78 is 0. The molecular weight excluding hydrogens is 286 g/mol. The Hall–Kier alpha value is -2.07. The van der Waals surface area contributed by atoms with Crippen molar-refractivity contribution >= 4 is 29.0 Å². The van der Waals surface area contributed by atoms with Crippen molar-refractivity contribution in [2.24, 2.45) is 0 Å². The van der Waals surface area contributed by atoms with Crippen LogP contribution < -0.4 is 10.2 Å². The maximum atomic E-state index is 12.4. The number of nitrogens with zero attached hydrogens (tertiary/aromatic N) is 2. The summed E-state index contributed by atoms with van der Waals surface area (Å²) in [6.07, 6.45) is 0. The molecule has 0 bridgehead atoms. The van der Waals surface area contributed by atoms with Gasteiger partial charge in [0.1, 0.15) is 11.0 Å². The molecule has 5 heteroatoms. The molecule has 1 amide bonds. The van der Waals surface area contributed by atoms with Crippen LogP contribution in [0.4, 0.5) is 11.5 Å². The fourth-order valence-electron chi connectivity index (χ4n) is 1.91. The molecule has 0 aliphatic heterocycles. The van der Waals surface area contributed by atoms with Gasteiger partial charge in [0.15, 0.2) is 0 Å². The Bertz CT molecular complexity index is 683. The highest BCUT2D eigenvalue weighted by Gasteiger charge is 2.12. The molecule has 1 aromatic carbocycles. The first-order chi connectivity index (χ1) is 9.86. The first kappa shape index (κ1) is 15.3. The molecule has 2 aromatic rings. The lowest BCUT2D eigenvalue weighted by Crippen LogP contribution is -2.16. The fraction of sp³-hybridized carbons (Fsp3) is 0.250. The monoisotopic (exact) mass is 303 g/mol. The standard InChI is InChI=1S/C16H18ClN3O/c1-10-5-6-11(2)13(7-10)18-16(21)12-8-14(17)19-15(9-12)20(3)4/h5-9H,1-4H3,(H,18,21). The van der Waals surface area contributed by atoms with Crippen molar-refractivity contribution in [3.63, 3.8) is 0 Å². The van der Waals surface area contributed by atoms with E-state index in [4.69, 9.17) is 11.6 Å². The summed E-state index contributed by atoms with van der Waals surface area (Å²) in [5.74, 6) is 0.449. The van der Waals surface area contributed by atoms with Crippen molar-refractivity contribution in [3.8, 4) is 0 Å². The minimum atomic E-state index is -0.198. The van der Waals surface area contributed by atoms with Gasteiger partial charge in [-0.25, -0.2) is 4.98 Å². The van der Waals surface area contributed by atoms with Crippen molar-refractivity contribution in [3.05, 3.63) is 52.2 Å². The lowest BCUT2D eigenvalue weighted by Gasteiger charge is -2.14. The molecule has 0 aliphatic carbocycles. The highest BCUT2D eigenvalue weighted by molar-refractivity contribution is 6.30. The molecule has 0 spiro atoms. The molecule has 21 heavy (non-hydrogen) atoms. The number of hydrogen-bond acceptors (Lipinski definition) is 3. The number of hydrogen-bond donors (Lipinski definition) is 1. The third kappa shape index (κ3) is 3.73. The summed E-state index contributed by atoms with van der Waals surface area (Å²) in [7, 11) is 3.70. The van der Waals surface area contributed by atoms with Crippen molar-refractivity contribution in [1.82, 2.24) is 4.98 Å². The highest BCUT2D eigenvalue weighted by Crippen LogP contribution is 2.20. The normalized spacial score (nSPS) is 10.3. The second kappa shape index (κ2) is 6.14.